The first kappa shape index (κ1) is 13.1. The SMILES string of the molecule is NNC(=O)c1ccc(CN2C(=O)c3ccccc3C2=O)o1. The minimum Gasteiger partial charge on any atom is -0.454 e. The Morgan fingerprint density at radius 1 is 1.10 bits per heavy atom. The number of hydrogen-bond donors (Lipinski definition) is 2. The zero-order chi connectivity index (χ0) is 15.0. The number of imide groups is 1. The van der Waals surface area contributed by atoms with Gasteiger partial charge in [-0.15, -0.1) is 0 Å². The summed E-state index contributed by atoms with van der Waals surface area (Å²) < 4.78 is 5.26. The molecule has 0 bridgehead atoms. The summed E-state index contributed by atoms with van der Waals surface area (Å²) in [6.07, 6.45) is 0. The van der Waals surface area contributed by atoms with Crippen molar-refractivity contribution in [2.45, 2.75) is 6.54 Å². The van der Waals surface area contributed by atoms with Gasteiger partial charge in [-0.2, -0.15) is 0 Å². The maximum atomic E-state index is 12.2. The zero-order valence-corrected chi connectivity index (χ0v) is 10.8. The number of amides is 3. The van der Waals surface area contributed by atoms with Crippen LogP contribution in [0.1, 0.15) is 37.0 Å². The molecule has 7 heteroatoms. The summed E-state index contributed by atoms with van der Waals surface area (Å²) in [4.78, 5) is 36.7. The fourth-order valence-corrected chi connectivity index (χ4v) is 2.19. The number of hydrogen-bond acceptors (Lipinski definition) is 5. The molecule has 106 valence electrons. The van der Waals surface area contributed by atoms with Crippen LogP contribution in [0.5, 0.6) is 0 Å². The van der Waals surface area contributed by atoms with Crippen LogP contribution in [-0.4, -0.2) is 22.6 Å². The normalized spacial score (nSPS) is 13.5. The van der Waals surface area contributed by atoms with Gasteiger partial charge in [-0.25, -0.2) is 5.84 Å². The lowest BCUT2D eigenvalue weighted by molar-refractivity contribution is 0.0631. The van der Waals surface area contributed by atoms with E-state index in [0.717, 1.165) is 4.90 Å². The number of benzene rings is 1. The Balaban J connectivity index is 1.84. The summed E-state index contributed by atoms with van der Waals surface area (Å²) >= 11 is 0. The molecule has 0 aliphatic carbocycles. The van der Waals surface area contributed by atoms with Crippen LogP contribution in [-0.2, 0) is 6.54 Å². The van der Waals surface area contributed by atoms with E-state index in [2.05, 4.69) is 0 Å². The monoisotopic (exact) mass is 285 g/mol. The van der Waals surface area contributed by atoms with E-state index in [1.54, 1.807) is 24.3 Å². The molecule has 3 rings (SSSR count). The van der Waals surface area contributed by atoms with Gasteiger partial charge in [0.25, 0.3) is 11.8 Å². The van der Waals surface area contributed by atoms with Crippen molar-refractivity contribution >= 4 is 17.7 Å². The minimum atomic E-state index is -0.580. The molecule has 0 unspecified atom stereocenters. The Kier molecular flexibility index (Phi) is 3.03. The first-order valence-corrected chi connectivity index (χ1v) is 6.16. The quantitative estimate of drug-likeness (QED) is 0.373. The molecular formula is C14H11N3O4. The number of carbonyl (C=O) groups is 3. The average Bonchev–Trinajstić information content (AvgIpc) is 3.07. The van der Waals surface area contributed by atoms with Crippen molar-refractivity contribution < 1.29 is 18.8 Å². The van der Waals surface area contributed by atoms with E-state index in [1.165, 1.54) is 12.1 Å². The van der Waals surface area contributed by atoms with Gasteiger partial charge in [0.05, 0.1) is 17.7 Å². The van der Waals surface area contributed by atoms with E-state index in [0.29, 0.717) is 16.9 Å². The minimum absolute atomic E-state index is 0.0177. The molecule has 0 atom stereocenters. The number of furan rings is 1. The molecule has 0 saturated carbocycles. The van der Waals surface area contributed by atoms with Gasteiger partial charge in [0.1, 0.15) is 5.76 Å². The second-order valence-electron chi connectivity index (χ2n) is 4.48. The molecule has 0 radical (unpaired) electrons. The number of nitrogens with one attached hydrogen (secondary N) is 1. The van der Waals surface area contributed by atoms with Crippen molar-refractivity contribution in [3.05, 3.63) is 59.0 Å². The largest absolute Gasteiger partial charge is 0.454 e. The third-order valence-electron chi connectivity index (χ3n) is 3.21. The molecule has 1 aromatic heterocycles. The first-order chi connectivity index (χ1) is 10.1. The summed E-state index contributed by atoms with van der Waals surface area (Å²) in [5, 5.41) is 0. The van der Waals surface area contributed by atoms with Crippen LogP contribution in [0.2, 0.25) is 0 Å². The molecule has 0 spiro atoms. The van der Waals surface area contributed by atoms with Gasteiger partial charge < -0.3 is 4.42 Å². The lowest BCUT2D eigenvalue weighted by Crippen LogP contribution is -2.30. The highest BCUT2D eigenvalue weighted by Gasteiger charge is 2.35. The fourth-order valence-electron chi connectivity index (χ4n) is 2.19. The van der Waals surface area contributed by atoms with Gasteiger partial charge in [-0.05, 0) is 24.3 Å². The molecule has 3 amide bonds. The zero-order valence-electron chi connectivity index (χ0n) is 10.8. The highest BCUT2D eigenvalue weighted by atomic mass is 16.4. The van der Waals surface area contributed by atoms with Crippen molar-refractivity contribution in [2.24, 2.45) is 5.84 Å². The van der Waals surface area contributed by atoms with Gasteiger partial charge in [0.2, 0.25) is 0 Å². The smallest absolute Gasteiger partial charge is 0.300 e. The molecule has 1 aliphatic rings. The van der Waals surface area contributed by atoms with Crippen LogP contribution in [0.25, 0.3) is 0 Å². The Labute approximate surface area is 119 Å². The molecule has 7 nitrogen and oxygen atoms in total. The highest BCUT2D eigenvalue weighted by molar-refractivity contribution is 6.21. The Morgan fingerprint density at radius 2 is 1.71 bits per heavy atom. The lowest BCUT2D eigenvalue weighted by Gasteiger charge is -2.11. The molecule has 0 saturated heterocycles. The van der Waals surface area contributed by atoms with E-state index in [1.807, 2.05) is 5.43 Å². The lowest BCUT2D eigenvalue weighted by atomic mass is 10.1. The third kappa shape index (κ3) is 2.09. The molecule has 3 N–H and O–H groups in total. The number of nitrogens with two attached hydrogens (primary N) is 1. The first-order valence-electron chi connectivity index (χ1n) is 6.16. The predicted octanol–water partition coefficient (Wildman–Crippen LogP) is 0.679. The second kappa shape index (κ2) is 4.88. The van der Waals surface area contributed by atoms with Crippen LogP contribution in [0.4, 0.5) is 0 Å². The number of rotatable bonds is 3. The number of hydrazine groups is 1. The topological polar surface area (TPSA) is 106 Å². The van der Waals surface area contributed by atoms with Crippen molar-refractivity contribution in [1.82, 2.24) is 10.3 Å². The Hall–Kier alpha value is -2.93. The van der Waals surface area contributed by atoms with Crippen molar-refractivity contribution in [1.29, 1.82) is 0 Å². The summed E-state index contributed by atoms with van der Waals surface area (Å²) in [6, 6.07) is 9.55. The maximum Gasteiger partial charge on any atom is 0.300 e. The van der Waals surface area contributed by atoms with E-state index in [4.69, 9.17) is 10.3 Å². The molecule has 21 heavy (non-hydrogen) atoms. The van der Waals surface area contributed by atoms with Crippen LogP contribution in [0, 0.1) is 0 Å². The summed E-state index contributed by atoms with van der Waals surface area (Å²) in [7, 11) is 0. The summed E-state index contributed by atoms with van der Waals surface area (Å²) in [5.74, 6) is 4.00. The van der Waals surface area contributed by atoms with E-state index in [9.17, 15) is 14.4 Å². The molecule has 1 aromatic carbocycles. The standard InChI is InChI=1S/C14H11N3O4/c15-16-12(18)11-6-5-8(21-11)7-17-13(19)9-3-1-2-4-10(9)14(17)20/h1-6H,7,15H2,(H,16,18). The Bertz CT molecular complexity index is 715. The predicted molar refractivity (Wildman–Crippen MR) is 71.0 cm³/mol. The van der Waals surface area contributed by atoms with Crippen LogP contribution < -0.4 is 11.3 Å². The molecule has 0 fully saturated rings. The van der Waals surface area contributed by atoms with Gasteiger partial charge in [0, 0.05) is 0 Å². The fraction of sp³-hybridized carbons (Fsp3) is 0.0714. The van der Waals surface area contributed by atoms with Crippen LogP contribution in [0.3, 0.4) is 0 Å². The second-order valence-corrected chi connectivity index (χ2v) is 4.48. The highest BCUT2D eigenvalue weighted by Crippen LogP contribution is 2.24. The van der Waals surface area contributed by atoms with Gasteiger partial charge in [-0.1, -0.05) is 12.1 Å². The van der Waals surface area contributed by atoms with E-state index >= 15 is 0 Å². The number of nitrogens with zero attached hydrogens (tertiary/aromatic N) is 1. The third-order valence-corrected chi connectivity index (χ3v) is 3.21. The summed E-state index contributed by atoms with van der Waals surface area (Å²) in [6.45, 7) is -0.0375. The Morgan fingerprint density at radius 3 is 2.29 bits per heavy atom. The van der Waals surface area contributed by atoms with Gasteiger partial charge >= 0.3 is 5.91 Å². The van der Waals surface area contributed by atoms with Crippen LogP contribution >= 0.6 is 0 Å². The molecule has 2 heterocycles. The molecule has 2 aromatic rings. The summed E-state index contributed by atoms with van der Waals surface area (Å²) in [5.41, 5.74) is 2.68. The van der Waals surface area contributed by atoms with Crippen molar-refractivity contribution in [3.63, 3.8) is 0 Å². The molecule has 1 aliphatic heterocycles. The van der Waals surface area contributed by atoms with Crippen molar-refractivity contribution in [2.75, 3.05) is 0 Å². The number of carbonyl (C=O) groups excluding carboxylic acids is 3. The number of fused-ring (bicyclic) bond motifs is 1. The van der Waals surface area contributed by atoms with E-state index < -0.39 is 5.91 Å². The average molecular weight is 285 g/mol. The van der Waals surface area contributed by atoms with Crippen LogP contribution in [0.15, 0.2) is 40.8 Å². The van der Waals surface area contributed by atoms with Gasteiger partial charge in [-0.3, -0.25) is 24.7 Å². The van der Waals surface area contributed by atoms with E-state index in [-0.39, 0.29) is 24.1 Å². The number of nitrogen functional groups attached to an aromatic ring is 1. The van der Waals surface area contributed by atoms with Crippen molar-refractivity contribution in [3.8, 4) is 0 Å². The molecular weight excluding hydrogens is 274 g/mol. The maximum absolute atomic E-state index is 12.2. The van der Waals surface area contributed by atoms with Gasteiger partial charge in [0.15, 0.2) is 5.76 Å².